The van der Waals surface area contributed by atoms with Gasteiger partial charge in [0.15, 0.2) is 0 Å². The Morgan fingerprint density at radius 1 is 1.17 bits per heavy atom. The van der Waals surface area contributed by atoms with E-state index in [1.165, 1.54) is 6.07 Å². The van der Waals surface area contributed by atoms with E-state index in [4.69, 9.17) is 15.6 Å². The molecule has 92 valence electrons. The van der Waals surface area contributed by atoms with Gasteiger partial charge in [0.1, 0.15) is 5.75 Å². The highest BCUT2D eigenvalue weighted by molar-refractivity contribution is 5.91. The summed E-state index contributed by atoms with van der Waals surface area (Å²) in [5, 5.41) is 8.97. The molecule has 0 atom stereocenters. The van der Waals surface area contributed by atoms with Gasteiger partial charge in [0.2, 0.25) is 0 Å². The van der Waals surface area contributed by atoms with Crippen LogP contribution in [0.4, 0.5) is 5.69 Å². The van der Waals surface area contributed by atoms with Crippen molar-refractivity contribution < 1.29 is 14.6 Å². The molecular formula is C14H13NO3. The summed E-state index contributed by atoms with van der Waals surface area (Å²) in [7, 11) is 1.59. The van der Waals surface area contributed by atoms with Crippen LogP contribution >= 0.6 is 0 Å². The minimum absolute atomic E-state index is 0.218. The van der Waals surface area contributed by atoms with E-state index in [-0.39, 0.29) is 5.56 Å². The summed E-state index contributed by atoms with van der Waals surface area (Å²) in [5.74, 6) is -0.225. The number of nitrogens with two attached hydrogens (primary N) is 1. The number of rotatable bonds is 3. The van der Waals surface area contributed by atoms with E-state index in [1.807, 2.05) is 24.3 Å². The highest BCUT2D eigenvalue weighted by Gasteiger charge is 2.08. The molecule has 0 aromatic heterocycles. The van der Waals surface area contributed by atoms with Crippen LogP contribution in [-0.2, 0) is 0 Å². The fourth-order valence-electron chi connectivity index (χ4n) is 1.71. The molecule has 0 aliphatic rings. The number of hydrogen-bond acceptors (Lipinski definition) is 3. The number of carbonyl (C=O) groups is 1. The first-order valence-corrected chi connectivity index (χ1v) is 5.39. The third-order valence-corrected chi connectivity index (χ3v) is 2.70. The van der Waals surface area contributed by atoms with Crippen LogP contribution in [0.3, 0.4) is 0 Å². The van der Waals surface area contributed by atoms with Gasteiger partial charge in [0, 0.05) is 11.3 Å². The molecule has 0 aliphatic carbocycles. The summed E-state index contributed by atoms with van der Waals surface area (Å²) in [5.41, 5.74) is 8.20. The second-order valence-corrected chi connectivity index (χ2v) is 3.84. The standard InChI is InChI=1S/C14H13NO3/c1-18-11-5-2-9(3-6-11)12-8-10(14(16)17)4-7-13(12)15/h2-8H,15H2,1H3,(H,16,17). The monoisotopic (exact) mass is 243 g/mol. The lowest BCUT2D eigenvalue weighted by Crippen LogP contribution is -1.98. The molecule has 0 saturated carbocycles. The van der Waals surface area contributed by atoms with Crippen molar-refractivity contribution in [3.63, 3.8) is 0 Å². The van der Waals surface area contributed by atoms with Crippen LogP contribution in [0.5, 0.6) is 5.75 Å². The van der Waals surface area contributed by atoms with Crippen LogP contribution in [0, 0.1) is 0 Å². The smallest absolute Gasteiger partial charge is 0.335 e. The molecule has 0 saturated heterocycles. The highest BCUT2D eigenvalue weighted by Crippen LogP contribution is 2.28. The zero-order valence-electron chi connectivity index (χ0n) is 9.88. The molecule has 2 rings (SSSR count). The molecule has 4 heteroatoms. The van der Waals surface area contributed by atoms with Crippen molar-refractivity contribution in [2.24, 2.45) is 0 Å². The first-order valence-electron chi connectivity index (χ1n) is 5.39. The zero-order chi connectivity index (χ0) is 13.1. The summed E-state index contributed by atoms with van der Waals surface area (Å²) < 4.78 is 5.07. The van der Waals surface area contributed by atoms with Gasteiger partial charge in [-0.05, 0) is 35.9 Å². The fourth-order valence-corrected chi connectivity index (χ4v) is 1.71. The van der Waals surface area contributed by atoms with E-state index < -0.39 is 5.97 Å². The van der Waals surface area contributed by atoms with E-state index in [9.17, 15) is 4.79 Å². The Balaban J connectivity index is 2.48. The molecule has 4 nitrogen and oxygen atoms in total. The van der Waals surface area contributed by atoms with Crippen molar-refractivity contribution in [1.82, 2.24) is 0 Å². The largest absolute Gasteiger partial charge is 0.497 e. The van der Waals surface area contributed by atoms with Gasteiger partial charge in [-0.25, -0.2) is 4.79 Å². The highest BCUT2D eigenvalue weighted by atomic mass is 16.5. The summed E-state index contributed by atoms with van der Waals surface area (Å²) in [6, 6.07) is 12.0. The fraction of sp³-hybridized carbons (Fsp3) is 0.0714. The third-order valence-electron chi connectivity index (χ3n) is 2.70. The Morgan fingerprint density at radius 3 is 2.39 bits per heavy atom. The second kappa shape index (κ2) is 4.79. The van der Waals surface area contributed by atoms with Gasteiger partial charge in [-0.2, -0.15) is 0 Å². The van der Waals surface area contributed by atoms with Crippen molar-refractivity contribution in [2.45, 2.75) is 0 Å². The maximum atomic E-state index is 10.9. The average molecular weight is 243 g/mol. The van der Waals surface area contributed by atoms with Crippen LogP contribution in [-0.4, -0.2) is 18.2 Å². The van der Waals surface area contributed by atoms with E-state index in [0.29, 0.717) is 11.3 Å². The van der Waals surface area contributed by atoms with Crippen LogP contribution in [0.15, 0.2) is 42.5 Å². The summed E-state index contributed by atoms with van der Waals surface area (Å²) in [4.78, 5) is 10.9. The predicted molar refractivity (Wildman–Crippen MR) is 69.8 cm³/mol. The van der Waals surface area contributed by atoms with Gasteiger partial charge in [0.05, 0.1) is 12.7 Å². The van der Waals surface area contributed by atoms with E-state index in [1.54, 1.807) is 19.2 Å². The zero-order valence-corrected chi connectivity index (χ0v) is 9.88. The molecule has 0 unspecified atom stereocenters. The molecule has 0 bridgehead atoms. The minimum atomic E-state index is -0.968. The van der Waals surface area contributed by atoms with E-state index in [0.717, 1.165) is 11.3 Å². The molecular weight excluding hydrogens is 230 g/mol. The third kappa shape index (κ3) is 2.27. The quantitative estimate of drug-likeness (QED) is 0.813. The molecule has 2 aromatic carbocycles. The first kappa shape index (κ1) is 12.0. The van der Waals surface area contributed by atoms with Gasteiger partial charge < -0.3 is 15.6 Å². The van der Waals surface area contributed by atoms with E-state index >= 15 is 0 Å². The SMILES string of the molecule is COc1ccc(-c2cc(C(=O)O)ccc2N)cc1. The van der Waals surface area contributed by atoms with Gasteiger partial charge in [0.25, 0.3) is 0 Å². The van der Waals surface area contributed by atoms with Gasteiger partial charge >= 0.3 is 5.97 Å². The first-order chi connectivity index (χ1) is 8.61. The summed E-state index contributed by atoms with van der Waals surface area (Å²) >= 11 is 0. The van der Waals surface area contributed by atoms with Gasteiger partial charge in [-0.3, -0.25) is 0 Å². The number of hydrogen-bond donors (Lipinski definition) is 2. The lowest BCUT2D eigenvalue weighted by Gasteiger charge is -2.08. The van der Waals surface area contributed by atoms with Crippen LogP contribution < -0.4 is 10.5 Å². The van der Waals surface area contributed by atoms with Crippen molar-refractivity contribution in [3.05, 3.63) is 48.0 Å². The van der Waals surface area contributed by atoms with Crippen molar-refractivity contribution in [2.75, 3.05) is 12.8 Å². The number of aromatic carboxylic acids is 1. The van der Waals surface area contributed by atoms with Crippen molar-refractivity contribution in [1.29, 1.82) is 0 Å². The van der Waals surface area contributed by atoms with Gasteiger partial charge in [-0.1, -0.05) is 12.1 Å². The molecule has 2 aromatic rings. The number of methoxy groups -OCH3 is 1. The van der Waals surface area contributed by atoms with Crippen molar-refractivity contribution >= 4 is 11.7 Å². The number of ether oxygens (including phenoxy) is 1. The minimum Gasteiger partial charge on any atom is -0.497 e. The Kier molecular flexibility index (Phi) is 3.19. The maximum Gasteiger partial charge on any atom is 0.335 e. The molecule has 0 amide bonds. The number of carboxylic acids is 1. The molecule has 0 spiro atoms. The molecule has 0 fully saturated rings. The lowest BCUT2D eigenvalue weighted by atomic mass is 10.0. The second-order valence-electron chi connectivity index (χ2n) is 3.84. The number of nitrogen functional groups attached to an aromatic ring is 1. The average Bonchev–Trinajstić information content (AvgIpc) is 2.39. The van der Waals surface area contributed by atoms with Crippen LogP contribution in [0.1, 0.15) is 10.4 Å². The molecule has 3 N–H and O–H groups in total. The summed E-state index contributed by atoms with van der Waals surface area (Å²) in [6.07, 6.45) is 0. The number of benzene rings is 2. The molecule has 0 aliphatic heterocycles. The van der Waals surface area contributed by atoms with Crippen molar-refractivity contribution in [3.8, 4) is 16.9 Å². The normalized spacial score (nSPS) is 10.1. The lowest BCUT2D eigenvalue weighted by molar-refractivity contribution is 0.0697. The Hall–Kier alpha value is -2.49. The maximum absolute atomic E-state index is 10.9. The van der Waals surface area contributed by atoms with Gasteiger partial charge in [-0.15, -0.1) is 0 Å². The van der Waals surface area contributed by atoms with E-state index in [2.05, 4.69) is 0 Å². The summed E-state index contributed by atoms with van der Waals surface area (Å²) in [6.45, 7) is 0. The predicted octanol–water partition coefficient (Wildman–Crippen LogP) is 2.64. The Morgan fingerprint density at radius 2 is 1.83 bits per heavy atom. The van der Waals surface area contributed by atoms with Crippen LogP contribution in [0.2, 0.25) is 0 Å². The molecule has 18 heavy (non-hydrogen) atoms. The molecule has 0 radical (unpaired) electrons. The Bertz CT molecular complexity index is 576. The molecule has 0 heterocycles. The number of carboxylic acid groups (broad SMARTS) is 1. The number of anilines is 1. The Labute approximate surface area is 105 Å². The topological polar surface area (TPSA) is 72.5 Å². The van der Waals surface area contributed by atoms with Crippen LogP contribution in [0.25, 0.3) is 11.1 Å².